The smallest absolute Gasteiger partial charge is 0.329 e. The maximum absolute atomic E-state index is 12.7. The quantitative estimate of drug-likeness (QED) is 0.158. The summed E-state index contributed by atoms with van der Waals surface area (Å²) in [6.07, 6.45) is -1.08. The van der Waals surface area contributed by atoms with Gasteiger partial charge in [-0.3, -0.25) is 24.5 Å². The summed E-state index contributed by atoms with van der Waals surface area (Å²) in [7, 11) is 3.00. The summed E-state index contributed by atoms with van der Waals surface area (Å²) in [5.41, 5.74) is 2.33. The van der Waals surface area contributed by atoms with Gasteiger partial charge in [-0.15, -0.1) is 0 Å². The van der Waals surface area contributed by atoms with Crippen molar-refractivity contribution in [3.8, 4) is 11.5 Å². The van der Waals surface area contributed by atoms with Crippen LogP contribution in [-0.4, -0.2) is 54.7 Å². The van der Waals surface area contributed by atoms with E-state index >= 15 is 0 Å². The van der Waals surface area contributed by atoms with Gasteiger partial charge in [0.15, 0.2) is 11.2 Å². The number of nitro groups is 1. The SMILES string of the molecule is COc1ccc(OC[C@H](O)Cn2c(N/N=C(\C)c3cccc([N+](=O)[O-])c3)nc3c2c(=O)[nH]c(=O)n3C)cc1. The maximum Gasteiger partial charge on any atom is 0.329 e. The first kappa shape index (κ1) is 26.1. The molecule has 0 spiro atoms. The summed E-state index contributed by atoms with van der Waals surface area (Å²) in [6.45, 7) is 1.41. The maximum atomic E-state index is 12.7. The van der Waals surface area contributed by atoms with Crippen molar-refractivity contribution in [2.45, 2.75) is 19.6 Å². The van der Waals surface area contributed by atoms with Crippen molar-refractivity contribution in [2.24, 2.45) is 12.1 Å². The number of nitro benzene ring substituents is 1. The third-order valence-electron chi connectivity index (χ3n) is 5.70. The number of nitrogens with zero attached hydrogens (tertiary/aromatic N) is 5. The number of hydrogen-bond donors (Lipinski definition) is 3. The van der Waals surface area contributed by atoms with Gasteiger partial charge in [0.2, 0.25) is 5.95 Å². The number of aliphatic hydroxyl groups excluding tert-OH is 1. The molecule has 0 fully saturated rings. The molecule has 0 aliphatic carbocycles. The van der Waals surface area contributed by atoms with Crippen molar-refractivity contribution in [3.05, 3.63) is 85.0 Å². The molecule has 0 bridgehead atoms. The normalized spacial score (nSPS) is 12.4. The van der Waals surface area contributed by atoms with Crippen LogP contribution in [0, 0.1) is 10.1 Å². The zero-order valence-corrected chi connectivity index (χ0v) is 20.7. The lowest BCUT2D eigenvalue weighted by molar-refractivity contribution is -0.384. The molecule has 38 heavy (non-hydrogen) atoms. The van der Waals surface area contributed by atoms with Gasteiger partial charge in [0.25, 0.3) is 11.2 Å². The standard InChI is InChI=1S/C24H25N7O7/c1-14(15-5-4-6-16(11-15)31(35)36)27-28-23-25-21-20(22(33)26-24(34)29(21)2)30(23)12-17(32)13-38-19-9-7-18(37-3)8-10-19/h4-11,17,32H,12-13H2,1-3H3,(H,25,28)(H,26,33,34)/b27-14+/t17-/m1/s1. The van der Waals surface area contributed by atoms with Gasteiger partial charge in [0, 0.05) is 24.7 Å². The van der Waals surface area contributed by atoms with E-state index in [1.807, 2.05) is 0 Å². The lowest BCUT2D eigenvalue weighted by Crippen LogP contribution is -2.30. The fourth-order valence-corrected chi connectivity index (χ4v) is 3.67. The summed E-state index contributed by atoms with van der Waals surface area (Å²) >= 11 is 0. The van der Waals surface area contributed by atoms with Crippen LogP contribution in [0.5, 0.6) is 11.5 Å². The van der Waals surface area contributed by atoms with Crippen LogP contribution in [0.2, 0.25) is 0 Å². The molecule has 198 valence electrons. The second-order valence-corrected chi connectivity index (χ2v) is 8.29. The predicted molar refractivity (Wildman–Crippen MR) is 139 cm³/mol. The number of ether oxygens (including phenoxy) is 2. The molecule has 4 aromatic rings. The van der Waals surface area contributed by atoms with E-state index < -0.39 is 22.3 Å². The van der Waals surface area contributed by atoms with E-state index in [-0.39, 0.29) is 36.0 Å². The highest BCUT2D eigenvalue weighted by atomic mass is 16.6. The van der Waals surface area contributed by atoms with Gasteiger partial charge >= 0.3 is 5.69 Å². The number of aliphatic hydroxyl groups is 1. The molecule has 0 radical (unpaired) electrons. The minimum Gasteiger partial charge on any atom is -0.497 e. The lowest BCUT2D eigenvalue weighted by Gasteiger charge is -2.15. The molecule has 0 saturated carbocycles. The first-order valence-electron chi connectivity index (χ1n) is 11.4. The van der Waals surface area contributed by atoms with Gasteiger partial charge < -0.3 is 19.1 Å². The molecule has 2 heterocycles. The van der Waals surface area contributed by atoms with E-state index in [0.717, 1.165) is 4.57 Å². The number of H-pyrrole nitrogens is 1. The number of non-ortho nitro benzene ring substituents is 1. The zero-order valence-electron chi connectivity index (χ0n) is 20.7. The Kier molecular flexibility index (Phi) is 7.53. The molecular formula is C24H25N7O7. The number of aromatic nitrogens is 4. The molecule has 3 N–H and O–H groups in total. The van der Waals surface area contributed by atoms with Crippen LogP contribution in [0.1, 0.15) is 12.5 Å². The number of nitrogens with one attached hydrogen (secondary N) is 2. The Hall–Kier alpha value is -4.98. The van der Waals surface area contributed by atoms with Crippen molar-refractivity contribution in [1.29, 1.82) is 0 Å². The van der Waals surface area contributed by atoms with E-state index in [0.29, 0.717) is 22.8 Å². The fourth-order valence-electron chi connectivity index (χ4n) is 3.67. The number of rotatable bonds is 10. The van der Waals surface area contributed by atoms with Crippen LogP contribution < -0.4 is 26.1 Å². The monoisotopic (exact) mass is 523 g/mol. The first-order chi connectivity index (χ1) is 18.2. The van der Waals surface area contributed by atoms with Crippen molar-refractivity contribution in [2.75, 3.05) is 19.1 Å². The van der Waals surface area contributed by atoms with E-state index in [4.69, 9.17) is 9.47 Å². The number of anilines is 1. The second-order valence-electron chi connectivity index (χ2n) is 8.29. The van der Waals surface area contributed by atoms with Crippen molar-refractivity contribution >= 4 is 28.5 Å². The molecule has 14 heteroatoms. The Morgan fingerprint density at radius 3 is 2.63 bits per heavy atom. The minimum atomic E-state index is -1.08. The molecular weight excluding hydrogens is 498 g/mol. The largest absolute Gasteiger partial charge is 0.497 e. The highest BCUT2D eigenvalue weighted by molar-refractivity contribution is 5.99. The van der Waals surface area contributed by atoms with Crippen molar-refractivity contribution in [1.82, 2.24) is 19.1 Å². The molecule has 0 unspecified atom stereocenters. The highest BCUT2D eigenvalue weighted by Crippen LogP contribution is 2.20. The Morgan fingerprint density at radius 1 is 1.24 bits per heavy atom. The van der Waals surface area contributed by atoms with Crippen LogP contribution in [-0.2, 0) is 13.6 Å². The molecule has 14 nitrogen and oxygen atoms in total. The topological polar surface area (TPSA) is 179 Å². The predicted octanol–water partition coefficient (Wildman–Crippen LogP) is 1.62. The molecule has 1 atom stereocenters. The van der Waals surface area contributed by atoms with Crippen LogP contribution in [0.25, 0.3) is 11.2 Å². The van der Waals surface area contributed by atoms with E-state index in [2.05, 4.69) is 20.5 Å². The van der Waals surface area contributed by atoms with Crippen LogP contribution in [0.4, 0.5) is 11.6 Å². The molecule has 0 aliphatic heterocycles. The number of methoxy groups -OCH3 is 1. The number of aryl methyl sites for hydroxylation is 1. The van der Waals surface area contributed by atoms with Gasteiger partial charge in [-0.2, -0.15) is 10.1 Å². The van der Waals surface area contributed by atoms with Crippen LogP contribution in [0.15, 0.2) is 63.2 Å². The van der Waals surface area contributed by atoms with E-state index in [9.17, 15) is 24.8 Å². The third-order valence-corrected chi connectivity index (χ3v) is 5.70. The average Bonchev–Trinajstić information content (AvgIpc) is 3.28. The molecule has 4 rings (SSSR count). The van der Waals surface area contributed by atoms with Gasteiger partial charge in [-0.1, -0.05) is 12.1 Å². The Balaban J connectivity index is 1.63. The molecule has 0 saturated heterocycles. The Labute approximate surface area is 214 Å². The van der Waals surface area contributed by atoms with Crippen molar-refractivity contribution in [3.63, 3.8) is 0 Å². The van der Waals surface area contributed by atoms with Crippen LogP contribution in [0.3, 0.4) is 0 Å². The Bertz CT molecular complexity index is 1620. The third kappa shape index (κ3) is 5.54. The summed E-state index contributed by atoms with van der Waals surface area (Å²) < 4.78 is 13.3. The van der Waals surface area contributed by atoms with Crippen molar-refractivity contribution < 1.29 is 19.5 Å². The number of hydrogen-bond acceptors (Lipinski definition) is 10. The number of aromatic amines is 1. The number of fused-ring (bicyclic) bond motifs is 1. The van der Waals surface area contributed by atoms with Crippen LogP contribution >= 0.6 is 0 Å². The number of imidazole rings is 1. The van der Waals surface area contributed by atoms with E-state index in [1.54, 1.807) is 44.4 Å². The molecule has 0 aliphatic rings. The number of benzene rings is 2. The fraction of sp³-hybridized carbons (Fsp3) is 0.250. The summed E-state index contributed by atoms with van der Waals surface area (Å²) in [5, 5.41) is 26.1. The second kappa shape index (κ2) is 11.0. The zero-order chi connectivity index (χ0) is 27.4. The van der Waals surface area contributed by atoms with Gasteiger partial charge in [-0.05, 0) is 31.2 Å². The molecule has 2 aromatic carbocycles. The Morgan fingerprint density at radius 2 is 1.95 bits per heavy atom. The summed E-state index contributed by atoms with van der Waals surface area (Å²) in [6, 6.07) is 12.8. The highest BCUT2D eigenvalue weighted by Gasteiger charge is 2.20. The van der Waals surface area contributed by atoms with Gasteiger partial charge in [0.05, 0.1) is 24.3 Å². The lowest BCUT2D eigenvalue weighted by atomic mass is 10.1. The average molecular weight is 524 g/mol. The minimum absolute atomic E-state index is 0.0429. The van der Waals surface area contributed by atoms with Gasteiger partial charge in [0.1, 0.15) is 24.2 Å². The van der Waals surface area contributed by atoms with E-state index in [1.165, 1.54) is 29.8 Å². The number of hydrazone groups is 1. The first-order valence-corrected chi connectivity index (χ1v) is 11.4. The molecule has 2 aromatic heterocycles. The summed E-state index contributed by atoms with van der Waals surface area (Å²) in [4.78, 5) is 42.0. The van der Waals surface area contributed by atoms with Gasteiger partial charge in [-0.25, -0.2) is 10.2 Å². The summed E-state index contributed by atoms with van der Waals surface area (Å²) in [5.74, 6) is 1.24. The molecule has 0 amide bonds.